The summed E-state index contributed by atoms with van der Waals surface area (Å²) in [6.45, 7) is 11.8. The average molecular weight is 306 g/mol. The molecule has 0 aromatic heterocycles. The zero-order chi connectivity index (χ0) is 16.3. The molecule has 0 fully saturated rings. The van der Waals surface area contributed by atoms with Crippen LogP contribution in [-0.4, -0.2) is 0 Å². The molecule has 0 amide bonds. The molecule has 120 valence electrons. The number of allylic oxidation sites excluding steroid dienone is 3. The van der Waals surface area contributed by atoms with Crippen LogP contribution in [0.4, 0.5) is 0 Å². The second-order valence-corrected chi connectivity index (χ2v) is 6.56. The highest BCUT2D eigenvalue weighted by atomic mass is 16.5. The first-order valence-electron chi connectivity index (χ1n) is 8.61. The van der Waals surface area contributed by atoms with Crippen LogP contribution in [0.25, 0.3) is 5.57 Å². The topological polar surface area (TPSA) is 9.23 Å². The van der Waals surface area contributed by atoms with Gasteiger partial charge in [-0.1, -0.05) is 36.4 Å². The van der Waals surface area contributed by atoms with E-state index in [2.05, 4.69) is 37.9 Å². The summed E-state index contributed by atoms with van der Waals surface area (Å²) in [6, 6.07) is 6.81. The lowest BCUT2D eigenvalue weighted by Gasteiger charge is -2.42. The fourth-order valence-corrected chi connectivity index (χ4v) is 3.95. The molecule has 0 saturated carbocycles. The first-order chi connectivity index (χ1) is 11.2. The predicted molar refractivity (Wildman–Crippen MR) is 98.1 cm³/mol. The van der Waals surface area contributed by atoms with Crippen LogP contribution in [0, 0.1) is 0 Å². The first-order valence-corrected chi connectivity index (χ1v) is 8.61. The van der Waals surface area contributed by atoms with Crippen molar-refractivity contribution in [2.75, 3.05) is 0 Å². The molecule has 0 spiro atoms. The molecule has 0 saturated heterocycles. The number of rotatable bonds is 6. The maximum absolute atomic E-state index is 6.60. The molecule has 1 aromatic carbocycles. The molecule has 23 heavy (non-hydrogen) atoms. The lowest BCUT2D eigenvalue weighted by molar-refractivity contribution is -0.00783. The summed E-state index contributed by atoms with van der Waals surface area (Å²) < 4.78 is 6.60. The molecule has 1 nitrogen and oxygen atoms in total. The van der Waals surface area contributed by atoms with Crippen molar-refractivity contribution < 1.29 is 4.74 Å². The summed E-state index contributed by atoms with van der Waals surface area (Å²) in [5, 5.41) is 0. The van der Waals surface area contributed by atoms with Gasteiger partial charge in [-0.25, -0.2) is 0 Å². The van der Waals surface area contributed by atoms with Crippen molar-refractivity contribution in [2.24, 2.45) is 0 Å². The zero-order valence-electron chi connectivity index (χ0n) is 13.9. The molecular weight excluding hydrogens is 280 g/mol. The summed E-state index contributed by atoms with van der Waals surface area (Å²) in [5.41, 5.74) is 5.09. The fraction of sp³-hybridized carbons (Fsp3) is 0.364. The lowest BCUT2D eigenvalue weighted by atomic mass is 9.76. The molecule has 2 aliphatic rings. The van der Waals surface area contributed by atoms with Gasteiger partial charge in [-0.15, -0.1) is 19.7 Å². The molecule has 1 heteroatoms. The molecule has 0 unspecified atom stereocenters. The van der Waals surface area contributed by atoms with Gasteiger partial charge in [0.05, 0.1) is 0 Å². The Morgan fingerprint density at radius 3 is 2.43 bits per heavy atom. The van der Waals surface area contributed by atoms with Crippen molar-refractivity contribution in [1.82, 2.24) is 0 Å². The summed E-state index contributed by atoms with van der Waals surface area (Å²) in [5.74, 6) is 1.20. The third-order valence-electron chi connectivity index (χ3n) is 4.96. The monoisotopic (exact) mass is 306 g/mol. The van der Waals surface area contributed by atoms with Gasteiger partial charge in [-0.05, 0) is 42.4 Å². The Bertz CT molecular complexity index is 653. The van der Waals surface area contributed by atoms with Crippen molar-refractivity contribution in [1.29, 1.82) is 0 Å². The van der Waals surface area contributed by atoms with E-state index in [0.717, 1.165) is 32.1 Å². The average Bonchev–Trinajstić information content (AvgIpc) is 2.56. The van der Waals surface area contributed by atoms with E-state index in [1.165, 1.54) is 40.9 Å². The fourth-order valence-electron chi connectivity index (χ4n) is 3.95. The standard InChI is InChI=1S/C22H26O/c1-4-9-17-12-13-20-19(16-17)18-10-7-8-11-21(18)23-22(20,14-5-2)15-6-3/h4-6,12-13,16H,1-3,7-11,14-15H2. The molecule has 0 radical (unpaired) electrons. The van der Waals surface area contributed by atoms with E-state index in [4.69, 9.17) is 4.74 Å². The molecular formula is C22H26O. The SMILES string of the molecule is C=CCc1ccc2c(c1)C1=C(CCCC1)OC2(CC=C)CC=C. The van der Waals surface area contributed by atoms with Crippen LogP contribution in [0.3, 0.4) is 0 Å². The minimum Gasteiger partial charge on any atom is -0.486 e. The smallest absolute Gasteiger partial charge is 0.141 e. The Hall–Kier alpha value is -2.02. The molecule has 1 aliphatic carbocycles. The highest BCUT2D eigenvalue weighted by Crippen LogP contribution is 2.49. The molecule has 3 rings (SSSR count). The van der Waals surface area contributed by atoms with Gasteiger partial charge < -0.3 is 4.74 Å². The summed E-state index contributed by atoms with van der Waals surface area (Å²) in [6.07, 6.45) is 13.1. The Morgan fingerprint density at radius 2 is 1.74 bits per heavy atom. The van der Waals surface area contributed by atoms with Crippen molar-refractivity contribution in [3.63, 3.8) is 0 Å². The number of ether oxygens (including phenoxy) is 1. The Kier molecular flexibility index (Phi) is 4.56. The summed E-state index contributed by atoms with van der Waals surface area (Å²) >= 11 is 0. The Balaban J connectivity index is 2.18. The van der Waals surface area contributed by atoms with Crippen LogP contribution in [0.2, 0.25) is 0 Å². The van der Waals surface area contributed by atoms with Crippen LogP contribution < -0.4 is 0 Å². The van der Waals surface area contributed by atoms with E-state index in [1.54, 1.807) is 0 Å². The van der Waals surface area contributed by atoms with Gasteiger partial charge in [-0.3, -0.25) is 0 Å². The van der Waals surface area contributed by atoms with Gasteiger partial charge in [0.2, 0.25) is 0 Å². The molecule has 0 bridgehead atoms. The number of fused-ring (bicyclic) bond motifs is 2. The van der Waals surface area contributed by atoms with E-state index in [1.807, 2.05) is 18.2 Å². The Labute approximate surface area is 140 Å². The highest BCUT2D eigenvalue weighted by Gasteiger charge is 2.40. The van der Waals surface area contributed by atoms with E-state index >= 15 is 0 Å². The quantitative estimate of drug-likeness (QED) is 0.579. The molecule has 1 aromatic rings. The van der Waals surface area contributed by atoms with Crippen LogP contribution in [-0.2, 0) is 16.8 Å². The third kappa shape index (κ3) is 2.81. The largest absolute Gasteiger partial charge is 0.486 e. The minimum absolute atomic E-state index is 0.332. The molecule has 1 aliphatic heterocycles. The van der Waals surface area contributed by atoms with Gasteiger partial charge >= 0.3 is 0 Å². The summed E-state index contributed by atoms with van der Waals surface area (Å²) in [7, 11) is 0. The highest BCUT2D eigenvalue weighted by molar-refractivity contribution is 5.74. The Morgan fingerprint density at radius 1 is 1.00 bits per heavy atom. The third-order valence-corrected chi connectivity index (χ3v) is 4.96. The van der Waals surface area contributed by atoms with Gasteiger partial charge in [0.25, 0.3) is 0 Å². The van der Waals surface area contributed by atoms with E-state index in [-0.39, 0.29) is 5.60 Å². The van der Waals surface area contributed by atoms with Gasteiger partial charge in [0.15, 0.2) is 0 Å². The normalized spacial score (nSPS) is 18.4. The molecule has 1 heterocycles. The maximum Gasteiger partial charge on any atom is 0.141 e. The van der Waals surface area contributed by atoms with Crippen LogP contribution in [0.1, 0.15) is 55.2 Å². The first kappa shape index (κ1) is 15.9. The maximum atomic E-state index is 6.60. The molecule has 0 N–H and O–H groups in total. The second kappa shape index (κ2) is 6.62. The van der Waals surface area contributed by atoms with Gasteiger partial charge in [-0.2, -0.15) is 0 Å². The summed E-state index contributed by atoms with van der Waals surface area (Å²) in [4.78, 5) is 0. The van der Waals surface area contributed by atoms with Gasteiger partial charge in [0.1, 0.15) is 11.4 Å². The minimum atomic E-state index is -0.332. The van der Waals surface area contributed by atoms with Crippen LogP contribution in [0.15, 0.2) is 61.9 Å². The number of hydrogen-bond donors (Lipinski definition) is 0. The predicted octanol–water partition coefficient (Wildman–Crippen LogP) is 6.08. The van der Waals surface area contributed by atoms with Gasteiger partial charge in [0, 0.05) is 24.8 Å². The van der Waals surface area contributed by atoms with E-state index in [9.17, 15) is 0 Å². The van der Waals surface area contributed by atoms with Crippen LogP contribution in [0.5, 0.6) is 0 Å². The number of benzene rings is 1. The van der Waals surface area contributed by atoms with Crippen molar-refractivity contribution >= 4 is 5.57 Å². The van der Waals surface area contributed by atoms with Crippen molar-refractivity contribution in [3.8, 4) is 0 Å². The second-order valence-electron chi connectivity index (χ2n) is 6.56. The molecule has 0 atom stereocenters. The zero-order valence-corrected chi connectivity index (χ0v) is 13.9. The number of hydrogen-bond acceptors (Lipinski definition) is 1. The van der Waals surface area contributed by atoms with Crippen LogP contribution >= 0.6 is 0 Å². The lowest BCUT2D eigenvalue weighted by Crippen LogP contribution is -2.34. The van der Waals surface area contributed by atoms with Crippen molar-refractivity contribution in [2.45, 2.75) is 50.5 Å². The van der Waals surface area contributed by atoms with E-state index in [0.29, 0.717) is 0 Å². The van der Waals surface area contributed by atoms with Crippen molar-refractivity contribution in [3.05, 3.63) is 78.6 Å². The van der Waals surface area contributed by atoms with E-state index < -0.39 is 0 Å².